The number of hydroxylamine groups is 2. The van der Waals surface area contributed by atoms with Crippen molar-refractivity contribution >= 4 is 20.8 Å². The molecule has 172 valence electrons. The van der Waals surface area contributed by atoms with E-state index in [0.29, 0.717) is 24.9 Å². The summed E-state index contributed by atoms with van der Waals surface area (Å²) >= 11 is 0. The number of ether oxygens (including phenoxy) is 1. The van der Waals surface area contributed by atoms with Crippen molar-refractivity contribution in [2.24, 2.45) is 0 Å². The number of hydrogen-bond donors (Lipinski definition) is 0. The van der Waals surface area contributed by atoms with Crippen molar-refractivity contribution in [1.82, 2.24) is 9.96 Å². The summed E-state index contributed by atoms with van der Waals surface area (Å²) in [7, 11) is -2.01. The van der Waals surface area contributed by atoms with Gasteiger partial charge < -0.3 is 9.16 Å². The molecular weight excluding hydrogens is 400 g/mol. The predicted molar refractivity (Wildman–Crippen MR) is 121 cm³/mol. The van der Waals surface area contributed by atoms with Crippen molar-refractivity contribution in [3.63, 3.8) is 0 Å². The second-order valence-corrected chi connectivity index (χ2v) is 15.1. The molecule has 30 heavy (non-hydrogen) atoms. The molecule has 0 aromatic rings. The van der Waals surface area contributed by atoms with Crippen LogP contribution in [-0.4, -0.2) is 68.2 Å². The molecule has 0 unspecified atom stereocenters. The standard InChI is InChI=1S/C22H40N2O5Si/c1-11-12-27-23(16-25)14-17(2)19-13-18(29-30(9,10)22(6,7)8)15-24(19)20(26)28-21(3,4)5/h11,16,18-19H,1-2,12-15H2,3-10H3/t18-,19+/m1/s1. The first kappa shape index (κ1) is 26.4. The van der Waals surface area contributed by atoms with Gasteiger partial charge in [-0.25, -0.2) is 9.86 Å². The summed E-state index contributed by atoms with van der Waals surface area (Å²) < 4.78 is 12.2. The van der Waals surface area contributed by atoms with E-state index in [1.807, 2.05) is 20.8 Å². The van der Waals surface area contributed by atoms with Gasteiger partial charge >= 0.3 is 6.09 Å². The van der Waals surface area contributed by atoms with E-state index >= 15 is 0 Å². The van der Waals surface area contributed by atoms with Crippen molar-refractivity contribution in [2.45, 2.75) is 83.8 Å². The maximum absolute atomic E-state index is 12.9. The number of hydrogen-bond acceptors (Lipinski definition) is 5. The van der Waals surface area contributed by atoms with Gasteiger partial charge in [0.25, 0.3) is 0 Å². The van der Waals surface area contributed by atoms with E-state index in [9.17, 15) is 9.59 Å². The van der Waals surface area contributed by atoms with Gasteiger partial charge in [0.1, 0.15) is 5.60 Å². The van der Waals surface area contributed by atoms with E-state index in [2.05, 4.69) is 47.0 Å². The third-order valence-electron chi connectivity index (χ3n) is 5.46. The number of likely N-dealkylation sites (tertiary alicyclic amines) is 1. The third-order valence-corrected chi connectivity index (χ3v) is 10.00. The lowest BCUT2D eigenvalue weighted by molar-refractivity contribution is -0.165. The molecule has 1 rings (SSSR count). The van der Waals surface area contributed by atoms with Crippen LogP contribution in [0.1, 0.15) is 48.0 Å². The molecule has 1 aliphatic heterocycles. The van der Waals surface area contributed by atoms with Gasteiger partial charge in [0.05, 0.1) is 25.3 Å². The highest BCUT2D eigenvalue weighted by molar-refractivity contribution is 6.74. The highest BCUT2D eigenvalue weighted by Crippen LogP contribution is 2.39. The van der Waals surface area contributed by atoms with Gasteiger partial charge in [-0.2, -0.15) is 0 Å². The molecular formula is C22H40N2O5Si. The largest absolute Gasteiger partial charge is 0.444 e. The van der Waals surface area contributed by atoms with Crippen LogP contribution >= 0.6 is 0 Å². The SMILES string of the molecule is C=CCON(C=O)CC(=C)[C@@H]1C[C@@H](O[Si](C)(C)C(C)(C)C)CN1C(=O)OC(C)(C)C. The number of rotatable bonds is 9. The van der Waals surface area contributed by atoms with Crippen LogP contribution in [0.2, 0.25) is 18.1 Å². The lowest BCUT2D eigenvalue weighted by Gasteiger charge is -2.38. The summed E-state index contributed by atoms with van der Waals surface area (Å²) in [5.41, 5.74) is 0.0850. The van der Waals surface area contributed by atoms with Crippen LogP contribution in [0.25, 0.3) is 0 Å². The lowest BCUT2D eigenvalue weighted by atomic mass is 10.1. The van der Waals surface area contributed by atoms with E-state index in [-0.39, 0.29) is 30.3 Å². The Morgan fingerprint density at radius 3 is 2.30 bits per heavy atom. The molecule has 1 heterocycles. The number of amides is 2. The Morgan fingerprint density at radius 2 is 1.83 bits per heavy atom. The Labute approximate surface area is 183 Å². The fourth-order valence-corrected chi connectivity index (χ4v) is 4.31. The van der Waals surface area contributed by atoms with Gasteiger partial charge in [-0.05, 0) is 50.9 Å². The van der Waals surface area contributed by atoms with Crippen molar-refractivity contribution in [2.75, 3.05) is 19.7 Å². The highest BCUT2D eigenvalue weighted by atomic mass is 28.4. The summed E-state index contributed by atoms with van der Waals surface area (Å²) in [5.74, 6) is 0. The van der Waals surface area contributed by atoms with Gasteiger partial charge in [0, 0.05) is 6.54 Å². The number of carbonyl (C=O) groups excluding carboxylic acids is 2. The summed E-state index contributed by atoms with van der Waals surface area (Å²) in [6.07, 6.45) is 2.26. The molecule has 0 radical (unpaired) electrons. The number of carbonyl (C=O) groups is 2. The first-order chi connectivity index (χ1) is 13.6. The van der Waals surface area contributed by atoms with Crippen LogP contribution < -0.4 is 0 Å². The molecule has 0 bridgehead atoms. The Hall–Kier alpha value is -1.64. The molecule has 1 fully saturated rings. The second kappa shape index (κ2) is 10.1. The molecule has 0 spiro atoms. The molecule has 1 aliphatic rings. The second-order valence-electron chi connectivity index (χ2n) is 10.3. The Morgan fingerprint density at radius 1 is 1.23 bits per heavy atom. The zero-order valence-electron chi connectivity index (χ0n) is 20.0. The van der Waals surface area contributed by atoms with Crippen molar-refractivity contribution in [3.05, 3.63) is 24.8 Å². The van der Waals surface area contributed by atoms with E-state index in [0.717, 1.165) is 0 Å². The molecule has 8 heteroatoms. The maximum Gasteiger partial charge on any atom is 0.410 e. The molecule has 7 nitrogen and oxygen atoms in total. The predicted octanol–water partition coefficient (Wildman–Crippen LogP) is 4.52. The van der Waals surface area contributed by atoms with Crippen LogP contribution in [-0.2, 0) is 18.8 Å². The zero-order valence-corrected chi connectivity index (χ0v) is 21.0. The monoisotopic (exact) mass is 440 g/mol. The quantitative estimate of drug-likeness (QED) is 0.228. The van der Waals surface area contributed by atoms with Gasteiger partial charge in [0.15, 0.2) is 8.32 Å². The highest BCUT2D eigenvalue weighted by Gasteiger charge is 2.45. The third kappa shape index (κ3) is 7.56. The molecule has 2 amide bonds. The minimum absolute atomic E-state index is 0.0612. The average Bonchev–Trinajstić information content (AvgIpc) is 2.99. The minimum atomic E-state index is -2.01. The van der Waals surface area contributed by atoms with Crippen molar-refractivity contribution in [1.29, 1.82) is 0 Å². The van der Waals surface area contributed by atoms with Crippen LogP contribution in [0.4, 0.5) is 4.79 Å². The van der Waals surface area contributed by atoms with Crippen LogP contribution in [0.3, 0.4) is 0 Å². The number of nitrogens with zero attached hydrogens (tertiary/aromatic N) is 2. The smallest absolute Gasteiger partial charge is 0.410 e. The molecule has 1 saturated heterocycles. The maximum atomic E-state index is 12.9. The van der Waals surface area contributed by atoms with Gasteiger partial charge in [-0.15, -0.1) is 6.58 Å². The fourth-order valence-electron chi connectivity index (χ4n) is 2.95. The first-order valence-electron chi connectivity index (χ1n) is 10.4. The van der Waals surface area contributed by atoms with E-state index in [1.54, 1.807) is 11.0 Å². The van der Waals surface area contributed by atoms with Crippen molar-refractivity contribution < 1.29 is 23.6 Å². The Bertz CT molecular complexity index is 636. The topological polar surface area (TPSA) is 68.3 Å². The summed E-state index contributed by atoms with van der Waals surface area (Å²) in [5, 5.41) is 1.23. The van der Waals surface area contributed by atoms with Crippen LogP contribution in [0, 0.1) is 0 Å². The van der Waals surface area contributed by atoms with Gasteiger partial charge in [-0.3, -0.25) is 14.5 Å². The van der Waals surface area contributed by atoms with Crippen LogP contribution in [0.15, 0.2) is 24.8 Å². The molecule has 0 aliphatic carbocycles. The normalized spacial score (nSPS) is 20.1. The molecule has 0 aromatic carbocycles. The Balaban J connectivity index is 3.02. The molecule has 0 saturated carbocycles. The van der Waals surface area contributed by atoms with Crippen LogP contribution in [0.5, 0.6) is 0 Å². The molecule has 0 N–H and O–H groups in total. The summed E-state index contributed by atoms with van der Waals surface area (Å²) in [6, 6.07) is -0.301. The fraction of sp³-hybridized carbons (Fsp3) is 0.727. The summed E-state index contributed by atoms with van der Waals surface area (Å²) in [4.78, 5) is 31.2. The zero-order chi connectivity index (χ0) is 23.3. The van der Waals surface area contributed by atoms with E-state index in [1.165, 1.54) is 5.06 Å². The van der Waals surface area contributed by atoms with Gasteiger partial charge in [0.2, 0.25) is 6.41 Å². The Kier molecular flexibility index (Phi) is 8.89. The first-order valence-corrected chi connectivity index (χ1v) is 13.3. The summed E-state index contributed by atoms with van der Waals surface area (Å²) in [6.45, 7) is 25.0. The molecule has 2 atom stereocenters. The minimum Gasteiger partial charge on any atom is -0.444 e. The molecule has 0 aromatic heterocycles. The average molecular weight is 441 g/mol. The van der Waals surface area contributed by atoms with Crippen molar-refractivity contribution in [3.8, 4) is 0 Å². The van der Waals surface area contributed by atoms with Gasteiger partial charge in [-0.1, -0.05) is 33.4 Å². The van der Waals surface area contributed by atoms with E-state index < -0.39 is 20.0 Å². The lowest BCUT2D eigenvalue weighted by Crippen LogP contribution is -2.45. The van der Waals surface area contributed by atoms with E-state index in [4.69, 9.17) is 14.0 Å².